The van der Waals surface area contributed by atoms with Crippen LogP contribution in [0, 0.1) is 11.3 Å². The summed E-state index contributed by atoms with van der Waals surface area (Å²) in [6, 6.07) is 9.73. The second-order valence-corrected chi connectivity index (χ2v) is 5.24. The first kappa shape index (κ1) is 16.5. The predicted octanol–water partition coefficient (Wildman–Crippen LogP) is 2.70. The fraction of sp³-hybridized carbons (Fsp3) is 0.467. The minimum Gasteiger partial charge on any atom is -0.344 e. The third kappa shape index (κ3) is 4.52. The summed E-state index contributed by atoms with van der Waals surface area (Å²) in [5.74, 6) is 0.00153. The summed E-state index contributed by atoms with van der Waals surface area (Å²) in [6.45, 7) is 2.78. The summed E-state index contributed by atoms with van der Waals surface area (Å²) in [7, 11) is 3.61. The van der Waals surface area contributed by atoms with Crippen molar-refractivity contribution < 1.29 is 4.79 Å². The third-order valence-corrected chi connectivity index (χ3v) is 3.73. The Morgan fingerprint density at radius 3 is 2.65 bits per heavy atom. The van der Waals surface area contributed by atoms with Crippen LogP contribution < -0.4 is 0 Å². The molecule has 1 amide bonds. The summed E-state index contributed by atoms with van der Waals surface area (Å²) in [4.78, 5) is 15.6. The summed E-state index contributed by atoms with van der Waals surface area (Å²) in [5.41, 5.74) is 1.00. The van der Waals surface area contributed by atoms with Crippen LogP contribution in [0.5, 0.6) is 0 Å². The quantitative estimate of drug-likeness (QED) is 0.810. The second kappa shape index (κ2) is 7.88. The maximum Gasteiger partial charge on any atom is 0.236 e. The lowest BCUT2D eigenvalue weighted by Crippen LogP contribution is -2.38. The zero-order chi connectivity index (χ0) is 15.1. The molecule has 1 atom stereocenters. The first-order valence-electron chi connectivity index (χ1n) is 6.53. The van der Waals surface area contributed by atoms with Gasteiger partial charge in [0.25, 0.3) is 0 Å². The number of carbonyl (C=O) groups is 1. The molecule has 0 heterocycles. The standard InChI is InChI=1S/C15H20ClN3O/c1-12(13-7-4-5-8-14(13)16)19(3)11-15(20)18(2)10-6-9-17/h4-5,7-8,12H,6,10-11H2,1-3H3. The van der Waals surface area contributed by atoms with Crippen LogP contribution in [0.3, 0.4) is 0 Å². The smallest absolute Gasteiger partial charge is 0.236 e. The van der Waals surface area contributed by atoms with Gasteiger partial charge in [-0.15, -0.1) is 0 Å². The zero-order valence-corrected chi connectivity index (χ0v) is 12.9. The Morgan fingerprint density at radius 2 is 2.05 bits per heavy atom. The van der Waals surface area contributed by atoms with E-state index >= 15 is 0 Å². The van der Waals surface area contributed by atoms with E-state index in [4.69, 9.17) is 16.9 Å². The van der Waals surface area contributed by atoms with Crippen molar-refractivity contribution in [3.05, 3.63) is 34.9 Å². The molecule has 0 bridgehead atoms. The van der Waals surface area contributed by atoms with Crippen LogP contribution in [0.4, 0.5) is 0 Å². The summed E-state index contributed by atoms with van der Waals surface area (Å²) < 4.78 is 0. The normalized spacial score (nSPS) is 12.0. The van der Waals surface area contributed by atoms with Crippen molar-refractivity contribution >= 4 is 17.5 Å². The van der Waals surface area contributed by atoms with Crippen molar-refractivity contribution in [3.63, 3.8) is 0 Å². The Labute approximate surface area is 125 Å². The fourth-order valence-corrected chi connectivity index (χ4v) is 2.16. The van der Waals surface area contributed by atoms with Gasteiger partial charge in [-0.1, -0.05) is 29.8 Å². The van der Waals surface area contributed by atoms with Crippen molar-refractivity contribution in [1.82, 2.24) is 9.80 Å². The van der Waals surface area contributed by atoms with E-state index in [1.165, 1.54) is 0 Å². The lowest BCUT2D eigenvalue weighted by molar-refractivity contribution is -0.131. The number of hydrogen-bond donors (Lipinski definition) is 0. The van der Waals surface area contributed by atoms with Crippen LogP contribution in [0.15, 0.2) is 24.3 Å². The molecule has 0 fully saturated rings. The highest BCUT2D eigenvalue weighted by Gasteiger charge is 2.18. The maximum atomic E-state index is 12.0. The number of halogens is 1. The summed E-state index contributed by atoms with van der Waals surface area (Å²) in [6.07, 6.45) is 0.353. The van der Waals surface area contributed by atoms with Crippen LogP contribution in [0.2, 0.25) is 5.02 Å². The van der Waals surface area contributed by atoms with Crippen molar-refractivity contribution in [2.75, 3.05) is 27.2 Å². The molecule has 0 aliphatic rings. The first-order valence-corrected chi connectivity index (χ1v) is 6.90. The topological polar surface area (TPSA) is 47.3 Å². The Bertz CT molecular complexity index is 498. The van der Waals surface area contributed by atoms with Gasteiger partial charge in [-0.25, -0.2) is 0 Å². The number of carbonyl (C=O) groups excluding carboxylic acids is 1. The van der Waals surface area contributed by atoms with Gasteiger partial charge in [-0.05, 0) is 25.6 Å². The van der Waals surface area contributed by atoms with Gasteiger partial charge in [0.2, 0.25) is 5.91 Å². The average Bonchev–Trinajstić information content (AvgIpc) is 2.44. The van der Waals surface area contributed by atoms with E-state index in [0.29, 0.717) is 24.5 Å². The highest BCUT2D eigenvalue weighted by molar-refractivity contribution is 6.31. The Morgan fingerprint density at radius 1 is 1.40 bits per heavy atom. The Kier molecular flexibility index (Phi) is 6.50. The molecule has 0 aromatic heterocycles. The molecule has 0 aliphatic heterocycles. The molecule has 0 saturated heterocycles. The SMILES string of the molecule is CC(c1ccccc1Cl)N(C)CC(=O)N(C)CCC#N. The largest absolute Gasteiger partial charge is 0.344 e. The Hall–Kier alpha value is -1.57. The van der Waals surface area contributed by atoms with Crippen LogP contribution in [-0.4, -0.2) is 42.9 Å². The number of nitrogens with zero attached hydrogens (tertiary/aromatic N) is 3. The number of amides is 1. The molecule has 1 aromatic carbocycles. The first-order chi connectivity index (χ1) is 9.47. The maximum absolute atomic E-state index is 12.0. The van der Waals surface area contributed by atoms with Gasteiger partial charge in [0.15, 0.2) is 0 Å². The van der Waals surface area contributed by atoms with E-state index in [0.717, 1.165) is 5.56 Å². The molecular weight excluding hydrogens is 274 g/mol. The molecule has 0 radical (unpaired) electrons. The number of benzene rings is 1. The van der Waals surface area contributed by atoms with Gasteiger partial charge in [0, 0.05) is 24.7 Å². The molecule has 0 spiro atoms. The van der Waals surface area contributed by atoms with Crippen LogP contribution in [0.1, 0.15) is 24.9 Å². The van der Waals surface area contributed by atoms with Gasteiger partial charge in [0.1, 0.15) is 0 Å². The number of likely N-dealkylation sites (N-methyl/N-ethyl adjacent to an activating group) is 2. The van der Waals surface area contributed by atoms with Gasteiger partial charge < -0.3 is 4.90 Å². The molecule has 0 saturated carbocycles. The number of nitriles is 1. The minimum atomic E-state index is 0.00153. The monoisotopic (exact) mass is 293 g/mol. The number of rotatable bonds is 6. The van der Waals surface area contributed by atoms with Gasteiger partial charge in [0.05, 0.1) is 19.0 Å². The van der Waals surface area contributed by atoms with E-state index in [-0.39, 0.29) is 11.9 Å². The van der Waals surface area contributed by atoms with Crippen LogP contribution >= 0.6 is 11.6 Å². The van der Waals surface area contributed by atoms with Crippen LogP contribution in [-0.2, 0) is 4.79 Å². The molecule has 20 heavy (non-hydrogen) atoms. The second-order valence-electron chi connectivity index (χ2n) is 4.84. The van der Waals surface area contributed by atoms with Gasteiger partial charge in [-0.3, -0.25) is 9.69 Å². The van der Waals surface area contributed by atoms with Crippen molar-refractivity contribution in [2.45, 2.75) is 19.4 Å². The molecule has 4 nitrogen and oxygen atoms in total. The summed E-state index contributed by atoms with van der Waals surface area (Å²) in [5, 5.41) is 9.24. The zero-order valence-electron chi connectivity index (χ0n) is 12.1. The molecule has 0 N–H and O–H groups in total. The van der Waals surface area contributed by atoms with E-state index in [2.05, 4.69) is 0 Å². The highest BCUT2D eigenvalue weighted by atomic mass is 35.5. The van der Waals surface area contributed by atoms with E-state index < -0.39 is 0 Å². The lowest BCUT2D eigenvalue weighted by atomic mass is 10.1. The molecular formula is C15H20ClN3O. The number of hydrogen-bond acceptors (Lipinski definition) is 3. The predicted molar refractivity (Wildman–Crippen MR) is 80.4 cm³/mol. The molecule has 1 aromatic rings. The van der Waals surface area contributed by atoms with Gasteiger partial charge >= 0.3 is 0 Å². The van der Waals surface area contributed by atoms with Gasteiger partial charge in [-0.2, -0.15) is 5.26 Å². The van der Waals surface area contributed by atoms with E-state index in [9.17, 15) is 4.79 Å². The van der Waals surface area contributed by atoms with E-state index in [1.807, 2.05) is 49.2 Å². The minimum absolute atomic E-state index is 0.00153. The molecule has 108 valence electrons. The molecule has 1 rings (SSSR count). The van der Waals surface area contributed by atoms with Crippen molar-refractivity contribution in [2.24, 2.45) is 0 Å². The average molecular weight is 294 g/mol. The lowest BCUT2D eigenvalue weighted by Gasteiger charge is -2.27. The summed E-state index contributed by atoms with van der Waals surface area (Å²) >= 11 is 6.17. The Balaban J connectivity index is 2.62. The molecule has 1 unspecified atom stereocenters. The molecule has 5 heteroatoms. The van der Waals surface area contributed by atoms with E-state index in [1.54, 1.807) is 11.9 Å². The highest BCUT2D eigenvalue weighted by Crippen LogP contribution is 2.25. The van der Waals surface area contributed by atoms with Crippen molar-refractivity contribution in [3.8, 4) is 6.07 Å². The van der Waals surface area contributed by atoms with Crippen LogP contribution in [0.25, 0.3) is 0 Å². The fourth-order valence-electron chi connectivity index (χ4n) is 1.86. The molecule has 0 aliphatic carbocycles. The third-order valence-electron chi connectivity index (χ3n) is 3.39. The van der Waals surface area contributed by atoms with Crippen molar-refractivity contribution in [1.29, 1.82) is 5.26 Å².